The molecule has 0 aliphatic heterocycles. The predicted octanol–water partition coefficient (Wildman–Crippen LogP) is 2.87. The number of rotatable bonds is 3. The summed E-state index contributed by atoms with van der Waals surface area (Å²) >= 11 is 0. The summed E-state index contributed by atoms with van der Waals surface area (Å²) in [5, 5.41) is 4.44. The maximum Gasteiger partial charge on any atom is 0.154 e. The van der Waals surface area contributed by atoms with Crippen molar-refractivity contribution < 1.29 is 0 Å². The summed E-state index contributed by atoms with van der Waals surface area (Å²) < 4.78 is 1.94. The molecule has 2 aromatic rings. The molecule has 0 unspecified atom stereocenters. The zero-order valence-corrected chi connectivity index (χ0v) is 11.4. The van der Waals surface area contributed by atoms with E-state index in [1.807, 2.05) is 18.7 Å². The maximum atomic E-state index is 6.12. The van der Waals surface area contributed by atoms with Crippen LogP contribution in [0.15, 0.2) is 24.3 Å². The number of anilines is 3. The summed E-state index contributed by atoms with van der Waals surface area (Å²) in [7, 11) is 2.02. The van der Waals surface area contributed by atoms with Crippen LogP contribution >= 0.6 is 0 Å². The highest BCUT2D eigenvalue weighted by molar-refractivity contribution is 5.73. The van der Waals surface area contributed by atoms with Crippen LogP contribution in [0.1, 0.15) is 18.2 Å². The van der Waals surface area contributed by atoms with Crippen molar-refractivity contribution in [1.82, 2.24) is 9.78 Å². The Morgan fingerprint density at radius 3 is 2.39 bits per heavy atom. The molecule has 0 saturated carbocycles. The first-order valence-electron chi connectivity index (χ1n) is 6.18. The number of aryl methyl sites for hydroxylation is 3. The van der Waals surface area contributed by atoms with Gasteiger partial charge in [-0.25, -0.2) is 4.68 Å². The Morgan fingerprint density at radius 2 is 1.83 bits per heavy atom. The molecule has 4 heteroatoms. The normalized spacial score (nSPS) is 10.7. The van der Waals surface area contributed by atoms with Crippen molar-refractivity contribution in [2.24, 2.45) is 0 Å². The number of nitrogens with zero attached hydrogens (tertiary/aromatic N) is 3. The zero-order chi connectivity index (χ0) is 13.3. The Labute approximate surface area is 108 Å². The lowest BCUT2D eigenvalue weighted by Crippen LogP contribution is -2.16. The highest BCUT2D eigenvalue weighted by Gasteiger charge is 2.16. The van der Waals surface area contributed by atoms with Gasteiger partial charge in [0, 0.05) is 19.3 Å². The highest BCUT2D eigenvalue weighted by atomic mass is 15.4. The van der Waals surface area contributed by atoms with Crippen LogP contribution in [-0.4, -0.2) is 16.8 Å². The van der Waals surface area contributed by atoms with Crippen LogP contribution < -0.4 is 10.6 Å². The van der Waals surface area contributed by atoms with E-state index in [1.54, 1.807) is 0 Å². The van der Waals surface area contributed by atoms with Crippen LogP contribution in [0, 0.1) is 13.8 Å². The monoisotopic (exact) mass is 244 g/mol. The van der Waals surface area contributed by atoms with E-state index >= 15 is 0 Å². The Kier molecular flexibility index (Phi) is 3.28. The average molecular weight is 244 g/mol. The molecular formula is C14H20N4. The van der Waals surface area contributed by atoms with E-state index < -0.39 is 0 Å². The third kappa shape index (κ3) is 2.06. The van der Waals surface area contributed by atoms with Gasteiger partial charge < -0.3 is 10.6 Å². The molecule has 0 aliphatic carbocycles. The van der Waals surface area contributed by atoms with Gasteiger partial charge >= 0.3 is 0 Å². The van der Waals surface area contributed by atoms with Crippen LogP contribution in [0.3, 0.4) is 0 Å². The standard InChI is InChI=1S/C14H20N4/c1-5-18-14(13(15)11(3)16-18)17(4)12-8-6-10(2)7-9-12/h6-9H,5,15H2,1-4H3. The smallest absolute Gasteiger partial charge is 0.154 e. The van der Waals surface area contributed by atoms with E-state index in [1.165, 1.54) is 5.56 Å². The second-order valence-electron chi connectivity index (χ2n) is 4.53. The van der Waals surface area contributed by atoms with E-state index in [0.29, 0.717) is 0 Å². The Hall–Kier alpha value is -1.97. The lowest BCUT2D eigenvalue weighted by Gasteiger charge is -2.21. The number of benzene rings is 1. The van der Waals surface area contributed by atoms with E-state index in [0.717, 1.165) is 29.4 Å². The van der Waals surface area contributed by atoms with Crippen LogP contribution in [0.2, 0.25) is 0 Å². The Balaban J connectivity index is 2.45. The molecule has 0 radical (unpaired) electrons. The summed E-state index contributed by atoms with van der Waals surface area (Å²) in [6.07, 6.45) is 0. The fourth-order valence-corrected chi connectivity index (χ4v) is 2.05. The average Bonchev–Trinajstić information content (AvgIpc) is 2.65. The van der Waals surface area contributed by atoms with Crippen molar-refractivity contribution in [1.29, 1.82) is 0 Å². The SMILES string of the molecule is CCn1nc(C)c(N)c1N(C)c1ccc(C)cc1. The van der Waals surface area contributed by atoms with Gasteiger partial charge in [-0.2, -0.15) is 5.10 Å². The van der Waals surface area contributed by atoms with Crippen LogP contribution in [0.4, 0.5) is 17.2 Å². The first kappa shape index (κ1) is 12.5. The van der Waals surface area contributed by atoms with Crippen molar-refractivity contribution in [3.05, 3.63) is 35.5 Å². The predicted molar refractivity (Wildman–Crippen MR) is 76.3 cm³/mol. The molecule has 96 valence electrons. The fraction of sp³-hybridized carbons (Fsp3) is 0.357. The zero-order valence-electron chi connectivity index (χ0n) is 11.4. The van der Waals surface area contributed by atoms with E-state index in [9.17, 15) is 0 Å². The third-order valence-electron chi connectivity index (χ3n) is 3.18. The number of hydrogen-bond acceptors (Lipinski definition) is 3. The van der Waals surface area contributed by atoms with E-state index in [-0.39, 0.29) is 0 Å². The third-order valence-corrected chi connectivity index (χ3v) is 3.18. The lowest BCUT2D eigenvalue weighted by atomic mass is 10.2. The Bertz CT molecular complexity index is 540. The second-order valence-corrected chi connectivity index (χ2v) is 4.53. The molecule has 2 rings (SSSR count). The molecule has 0 spiro atoms. The molecular weight excluding hydrogens is 224 g/mol. The summed E-state index contributed by atoms with van der Waals surface area (Å²) in [6.45, 7) is 6.90. The van der Waals surface area contributed by atoms with Gasteiger partial charge in [-0.05, 0) is 32.9 Å². The molecule has 1 aromatic carbocycles. The molecule has 1 heterocycles. The van der Waals surface area contributed by atoms with Gasteiger partial charge in [-0.3, -0.25) is 0 Å². The van der Waals surface area contributed by atoms with Crippen LogP contribution in [0.25, 0.3) is 0 Å². The summed E-state index contributed by atoms with van der Waals surface area (Å²) in [5.41, 5.74) is 10.1. The van der Waals surface area contributed by atoms with E-state index in [4.69, 9.17) is 5.73 Å². The molecule has 0 bridgehead atoms. The number of aromatic nitrogens is 2. The van der Waals surface area contributed by atoms with Gasteiger partial charge in [0.1, 0.15) is 0 Å². The minimum Gasteiger partial charge on any atom is -0.394 e. The van der Waals surface area contributed by atoms with Crippen molar-refractivity contribution >= 4 is 17.2 Å². The van der Waals surface area contributed by atoms with Crippen LogP contribution in [0.5, 0.6) is 0 Å². The summed E-state index contributed by atoms with van der Waals surface area (Å²) in [4.78, 5) is 2.08. The molecule has 0 fully saturated rings. The van der Waals surface area contributed by atoms with Crippen LogP contribution in [-0.2, 0) is 6.54 Å². The summed E-state index contributed by atoms with van der Waals surface area (Å²) in [6, 6.07) is 8.39. The van der Waals surface area contributed by atoms with Crippen molar-refractivity contribution in [2.45, 2.75) is 27.3 Å². The molecule has 0 atom stereocenters. The minimum absolute atomic E-state index is 0.750. The minimum atomic E-state index is 0.750. The topological polar surface area (TPSA) is 47.1 Å². The van der Waals surface area contributed by atoms with E-state index in [2.05, 4.69) is 48.1 Å². The lowest BCUT2D eigenvalue weighted by molar-refractivity contribution is 0.652. The highest BCUT2D eigenvalue weighted by Crippen LogP contribution is 2.31. The summed E-state index contributed by atoms with van der Waals surface area (Å²) in [5.74, 6) is 0.957. The van der Waals surface area contributed by atoms with Crippen molar-refractivity contribution in [3.63, 3.8) is 0 Å². The molecule has 18 heavy (non-hydrogen) atoms. The fourth-order valence-electron chi connectivity index (χ4n) is 2.05. The number of nitrogen functional groups attached to an aromatic ring is 1. The molecule has 0 saturated heterocycles. The first-order chi connectivity index (χ1) is 8.54. The largest absolute Gasteiger partial charge is 0.394 e. The molecule has 1 aromatic heterocycles. The Morgan fingerprint density at radius 1 is 1.22 bits per heavy atom. The molecule has 4 nitrogen and oxygen atoms in total. The quantitative estimate of drug-likeness (QED) is 0.903. The van der Waals surface area contributed by atoms with Gasteiger partial charge in [0.05, 0.1) is 11.4 Å². The first-order valence-corrected chi connectivity index (χ1v) is 6.18. The number of nitrogens with two attached hydrogens (primary N) is 1. The van der Waals surface area contributed by atoms with Crippen molar-refractivity contribution in [3.8, 4) is 0 Å². The maximum absolute atomic E-state index is 6.12. The van der Waals surface area contributed by atoms with Crippen molar-refractivity contribution in [2.75, 3.05) is 17.7 Å². The van der Waals surface area contributed by atoms with Gasteiger partial charge in [0.2, 0.25) is 0 Å². The van der Waals surface area contributed by atoms with Gasteiger partial charge in [-0.15, -0.1) is 0 Å². The molecule has 2 N–H and O–H groups in total. The second kappa shape index (κ2) is 4.72. The van der Waals surface area contributed by atoms with Gasteiger partial charge in [0.25, 0.3) is 0 Å². The van der Waals surface area contributed by atoms with Gasteiger partial charge in [-0.1, -0.05) is 17.7 Å². The molecule has 0 amide bonds. The molecule has 0 aliphatic rings. The van der Waals surface area contributed by atoms with Gasteiger partial charge in [0.15, 0.2) is 5.82 Å². The number of hydrogen-bond donors (Lipinski definition) is 1.